The lowest BCUT2D eigenvalue weighted by Gasteiger charge is -2.29. The molecular weight excluding hydrogens is 269 g/mol. The molecule has 2 atom stereocenters. The summed E-state index contributed by atoms with van der Waals surface area (Å²) >= 11 is 0. The maximum Gasteiger partial charge on any atom is 0.390 e. The molecule has 1 saturated heterocycles. The quantitative estimate of drug-likeness (QED) is 0.893. The van der Waals surface area contributed by atoms with Crippen molar-refractivity contribution in [1.29, 1.82) is 0 Å². The lowest BCUT2D eigenvalue weighted by atomic mass is 10.00. The number of amides is 1. The highest BCUT2D eigenvalue weighted by Crippen LogP contribution is 2.30. The van der Waals surface area contributed by atoms with E-state index in [-0.39, 0.29) is 11.9 Å². The Morgan fingerprint density at radius 3 is 2.55 bits per heavy atom. The van der Waals surface area contributed by atoms with Crippen LogP contribution in [0.4, 0.5) is 13.2 Å². The van der Waals surface area contributed by atoms with E-state index in [1.54, 1.807) is 30.3 Å². The van der Waals surface area contributed by atoms with E-state index in [0.717, 1.165) is 0 Å². The molecule has 1 heterocycles. The zero-order valence-electron chi connectivity index (χ0n) is 10.9. The zero-order chi connectivity index (χ0) is 14.6. The maximum absolute atomic E-state index is 12.7. The first-order valence-electron chi connectivity index (χ1n) is 6.58. The van der Waals surface area contributed by atoms with Crippen LogP contribution in [0.1, 0.15) is 30.9 Å². The standard InChI is InChI=1S/C14H17F3N2O/c15-14(16,17)8-12(10-4-2-1-3-5-10)19-11-6-7-13(20)18-9-11/h1-5,11-12,19H,6-9H2,(H,18,20). The first-order chi connectivity index (χ1) is 9.44. The summed E-state index contributed by atoms with van der Waals surface area (Å²) in [5, 5.41) is 5.68. The van der Waals surface area contributed by atoms with Crippen LogP contribution in [-0.2, 0) is 4.79 Å². The molecule has 3 nitrogen and oxygen atoms in total. The van der Waals surface area contributed by atoms with Gasteiger partial charge in [-0.1, -0.05) is 30.3 Å². The van der Waals surface area contributed by atoms with Crippen LogP contribution in [0.2, 0.25) is 0 Å². The molecule has 0 aliphatic carbocycles. The van der Waals surface area contributed by atoms with E-state index in [1.165, 1.54) is 0 Å². The number of rotatable bonds is 4. The highest BCUT2D eigenvalue weighted by molar-refractivity contribution is 5.76. The monoisotopic (exact) mass is 286 g/mol. The Morgan fingerprint density at radius 1 is 1.30 bits per heavy atom. The van der Waals surface area contributed by atoms with Crippen LogP contribution in [0.15, 0.2) is 30.3 Å². The van der Waals surface area contributed by atoms with Gasteiger partial charge in [0.1, 0.15) is 0 Å². The van der Waals surface area contributed by atoms with Gasteiger partial charge in [-0.2, -0.15) is 13.2 Å². The topological polar surface area (TPSA) is 41.1 Å². The van der Waals surface area contributed by atoms with Crippen molar-refractivity contribution in [3.05, 3.63) is 35.9 Å². The molecule has 0 bridgehead atoms. The van der Waals surface area contributed by atoms with Crippen molar-refractivity contribution in [3.8, 4) is 0 Å². The number of carbonyl (C=O) groups excluding carboxylic acids is 1. The molecular formula is C14H17F3N2O. The minimum Gasteiger partial charge on any atom is -0.355 e. The fourth-order valence-corrected chi connectivity index (χ4v) is 2.35. The fourth-order valence-electron chi connectivity index (χ4n) is 2.35. The van der Waals surface area contributed by atoms with Crippen LogP contribution in [0.25, 0.3) is 0 Å². The van der Waals surface area contributed by atoms with Gasteiger partial charge in [-0.25, -0.2) is 0 Å². The molecule has 1 aromatic rings. The van der Waals surface area contributed by atoms with Crippen molar-refractivity contribution >= 4 is 5.91 Å². The number of alkyl halides is 3. The van der Waals surface area contributed by atoms with Gasteiger partial charge < -0.3 is 10.6 Å². The van der Waals surface area contributed by atoms with Gasteiger partial charge in [0.2, 0.25) is 5.91 Å². The summed E-state index contributed by atoms with van der Waals surface area (Å²) < 4.78 is 38.1. The highest BCUT2D eigenvalue weighted by Gasteiger charge is 2.34. The predicted molar refractivity (Wildman–Crippen MR) is 69.0 cm³/mol. The Hall–Kier alpha value is -1.56. The van der Waals surface area contributed by atoms with Gasteiger partial charge in [0, 0.05) is 25.0 Å². The molecule has 2 rings (SSSR count). The molecule has 110 valence electrons. The van der Waals surface area contributed by atoms with Crippen molar-refractivity contribution in [3.63, 3.8) is 0 Å². The van der Waals surface area contributed by atoms with Gasteiger partial charge in [0.25, 0.3) is 0 Å². The third-order valence-electron chi connectivity index (χ3n) is 3.34. The van der Waals surface area contributed by atoms with E-state index < -0.39 is 18.6 Å². The van der Waals surface area contributed by atoms with Crippen LogP contribution in [0.5, 0.6) is 0 Å². The second-order valence-electron chi connectivity index (χ2n) is 4.99. The summed E-state index contributed by atoms with van der Waals surface area (Å²) in [4.78, 5) is 11.1. The third-order valence-corrected chi connectivity index (χ3v) is 3.34. The summed E-state index contributed by atoms with van der Waals surface area (Å²) in [5.41, 5.74) is 0.613. The third kappa shape index (κ3) is 4.52. The van der Waals surface area contributed by atoms with E-state index in [0.29, 0.717) is 24.9 Å². The van der Waals surface area contributed by atoms with E-state index in [2.05, 4.69) is 10.6 Å². The molecule has 0 radical (unpaired) electrons. The number of hydrogen-bond donors (Lipinski definition) is 2. The van der Waals surface area contributed by atoms with Gasteiger partial charge in [0.05, 0.1) is 6.42 Å². The minimum absolute atomic E-state index is 0.0462. The molecule has 2 N–H and O–H groups in total. The maximum atomic E-state index is 12.7. The Kier molecular flexibility index (Phi) is 4.65. The Labute approximate surface area is 115 Å². The summed E-state index contributed by atoms with van der Waals surface area (Å²) in [6, 6.07) is 7.69. The van der Waals surface area contributed by atoms with Crippen molar-refractivity contribution in [1.82, 2.24) is 10.6 Å². The van der Waals surface area contributed by atoms with Crippen molar-refractivity contribution in [2.24, 2.45) is 0 Å². The normalized spacial score (nSPS) is 21.4. The second-order valence-corrected chi connectivity index (χ2v) is 4.99. The summed E-state index contributed by atoms with van der Waals surface area (Å²) in [6.07, 6.45) is -4.23. The Bertz CT molecular complexity index is 437. The van der Waals surface area contributed by atoms with Crippen molar-refractivity contribution in [2.45, 2.75) is 37.5 Å². The van der Waals surface area contributed by atoms with Crippen LogP contribution >= 0.6 is 0 Å². The van der Waals surface area contributed by atoms with Gasteiger partial charge in [-0.05, 0) is 12.0 Å². The van der Waals surface area contributed by atoms with Crippen molar-refractivity contribution in [2.75, 3.05) is 6.54 Å². The number of piperidine rings is 1. The van der Waals surface area contributed by atoms with E-state index >= 15 is 0 Å². The predicted octanol–water partition coefficient (Wildman–Crippen LogP) is 2.55. The lowest BCUT2D eigenvalue weighted by molar-refractivity contribution is -0.141. The van der Waals surface area contributed by atoms with Crippen LogP contribution in [-0.4, -0.2) is 24.7 Å². The number of nitrogens with one attached hydrogen (secondary N) is 2. The average Bonchev–Trinajstić information content (AvgIpc) is 2.40. The summed E-state index contributed by atoms with van der Waals surface area (Å²) in [6.45, 7) is 0.375. The molecule has 1 aromatic carbocycles. The number of carbonyl (C=O) groups is 1. The molecule has 20 heavy (non-hydrogen) atoms. The fraction of sp³-hybridized carbons (Fsp3) is 0.500. The van der Waals surface area contributed by atoms with E-state index in [9.17, 15) is 18.0 Å². The zero-order valence-corrected chi connectivity index (χ0v) is 10.9. The molecule has 1 fully saturated rings. The summed E-state index contributed by atoms with van der Waals surface area (Å²) in [7, 11) is 0. The Morgan fingerprint density at radius 2 is 2.00 bits per heavy atom. The SMILES string of the molecule is O=C1CCC(NC(CC(F)(F)F)c2ccccc2)CN1. The first kappa shape index (κ1) is 14.8. The first-order valence-corrected chi connectivity index (χ1v) is 6.58. The molecule has 1 aliphatic rings. The molecule has 1 aliphatic heterocycles. The average molecular weight is 286 g/mol. The van der Waals surface area contributed by atoms with E-state index in [1.807, 2.05) is 0 Å². The van der Waals surface area contributed by atoms with Gasteiger partial charge in [0.15, 0.2) is 0 Å². The van der Waals surface area contributed by atoms with Gasteiger partial charge >= 0.3 is 6.18 Å². The molecule has 0 spiro atoms. The Balaban J connectivity index is 2.05. The summed E-state index contributed by atoms with van der Waals surface area (Å²) in [5.74, 6) is -0.0462. The molecule has 6 heteroatoms. The number of hydrogen-bond acceptors (Lipinski definition) is 2. The van der Waals surface area contributed by atoms with Crippen LogP contribution < -0.4 is 10.6 Å². The minimum atomic E-state index is -4.23. The van der Waals surface area contributed by atoms with Crippen LogP contribution in [0.3, 0.4) is 0 Å². The van der Waals surface area contributed by atoms with E-state index in [4.69, 9.17) is 0 Å². The molecule has 2 unspecified atom stereocenters. The lowest BCUT2D eigenvalue weighted by Crippen LogP contribution is -2.47. The number of halogens is 3. The molecule has 1 amide bonds. The van der Waals surface area contributed by atoms with Crippen LogP contribution in [0, 0.1) is 0 Å². The van der Waals surface area contributed by atoms with Gasteiger partial charge in [-0.3, -0.25) is 4.79 Å². The van der Waals surface area contributed by atoms with Crippen molar-refractivity contribution < 1.29 is 18.0 Å². The van der Waals surface area contributed by atoms with Gasteiger partial charge in [-0.15, -0.1) is 0 Å². The largest absolute Gasteiger partial charge is 0.390 e. The molecule has 0 aromatic heterocycles. The second kappa shape index (κ2) is 6.26. The highest BCUT2D eigenvalue weighted by atomic mass is 19.4. The number of benzene rings is 1. The molecule has 0 saturated carbocycles. The smallest absolute Gasteiger partial charge is 0.355 e.